The Hall–Kier alpha value is -2.58. The van der Waals surface area contributed by atoms with Crippen molar-refractivity contribution in [1.82, 2.24) is 29.5 Å². The van der Waals surface area contributed by atoms with Crippen molar-refractivity contribution in [2.24, 2.45) is 7.05 Å². The van der Waals surface area contributed by atoms with E-state index in [1.165, 1.54) is 16.8 Å². The highest BCUT2D eigenvalue weighted by atomic mass is 19.1. The van der Waals surface area contributed by atoms with Gasteiger partial charge in [-0.25, -0.2) is 18.4 Å². The average Bonchev–Trinajstić information content (AvgIpc) is 3.25. The van der Waals surface area contributed by atoms with Crippen LogP contribution in [0.25, 0.3) is 5.69 Å². The minimum atomic E-state index is -0.632. The average molecular weight is 358 g/mol. The number of aromatic nitrogens is 4. The molecule has 0 amide bonds. The Labute approximate surface area is 150 Å². The van der Waals surface area contributed by atoms with Crippen molar-refractivity contribution in [3.05, 3.63) is 66.0 Å². The van der Waals surface area contributed by atoms with E-state index >= 15 is 0 Å². The summed E-state index contributed by atoms with van der Waals surface area (Å²) in [6.45, 7) is 3.22. The van der Waals surface area contributed by atoms with Gasteiger partial charge in [-0.05, 0) is 18.2 Å². The van der Waals surface area contributed by atoms with Crippen LogP contribution in [0.15, 0.2) is 42.9 Å². The maximum absolute atomic E-state index is 14.0. The first-order valence-electron chi connectivity index (χ1n) is 8.54. The van der Waals surface area contributed by atoms with Crippen LogP contribution in [0.3, 0.4) is 0 Å². The highest BCUT2D eigenvalue weighted by Crippen LogP contribution is 2.22. The molecule has 0 radical (unpaired) electrons. The summed E-state index contributed by atoms with van der Waals surface area (Å²) in [6, 6.07) is 5.50. The number of aryl methyl sites for hydroxylation is 1. The van der Waals surface area contributed by atoms with Gasteiger partial charge in [0.2, 0.25) is 0 Å². The van der Waals surface area contributed by atoms with Crippen molar-refractivity contribution >= 4 is 0 Å². The van der Waals surface area contributed by atoms with Crippen LogP contribution in [0.4, 0.5) is 8.78 Å². The van der Waals surface area contributed by atoms with E-state index in [2.05, 4.69) is 20.3 Å². The molecule has 0 saturated carbocycles. The molecule has 4 rings (SSSR count). The van der Waals surface area contributed by atoms with Gasteiger partial charge in [-0.3, -0.25) is 4.90 Å². The van der Waals surface area contributed by atoms with Gasteiger partial charge in [0.15, 0.2) is 5.82 Å². The SMILES string of the molecule is Cn1ccnc1C1CNCCN1Cc1ccn(-c2ccc(F)cc2F)n1. The lowest BCUT2D eigenvalue weighted by Crippen LogP contribution is -2.46. The lowest BCUT2D eigenvalue weighted by molar-refractivity contribution is 0.143. The summed E-state index contributed by atoms with van der Waals surface area (Å²) in [5.41, 5.74) is 1.06. The minimum absolute atomic E-state index is 0.149. The molecule has 1 aliphatic rings. The van der Waals surface area contributed by atoms with Gasteiger partial charge in [0.05, 0.1) is 11.7 Å². The van der Waals surface area contributed by atoms with Crippen LogP contribution < -0.4 is 5.32 Å². The Bertz CT molecular complexity index is 903. The number of piperazine rings is 1. The molecular formula is C18H20F2N6. The van der Waals surface area contributed by atoms with Crippen molar-refractivity contribution in [3.8, 4) is 5.69 Å². The van der Waals surface area contributed by atoms with Crippen LogP contribution in [0.1, 0.15) is 17.6 Å². The largest absolute Gasteiger partial charge is 0.337 e. The van der Waals surface area contributed by atoms with E-state index in [-0.39, 0.29) is 11.7 Å². The smallest absolute Gasteiger partial charge is 0.151 e. The number of rotatable bonds is 4. The highest BCUT2D eigenvalue weighted by molar-refractivity contribution is 5.33. The number of nitrogens with one attached hydrogen (secondary N) is 1. The number of nitrogens with zero attached hydrogens (tertiary/aromatic N) is 5. The predicted octanol–water partition coefficient (Wildman–Crippen LogP) is 2.03. The van der Waals surface area contributed by atoms with E-state index in [0.717, 1.165) is 37.2 Å². The molecule has 8 heteroatoms. The van der Waals surface area contributed by atoms with Gasteiger partial charge in [-0.1, -0.05) is 0 Å². The summed E-state index contributed by atoms with van der Waals surface area (Å²) in [6.07, 6.45) is 5.44. The van der Waals surface area contributed by atoms with Gasteiger partial charge in [-0.15, -0.1) is 0 Å². The maximum atomic E-state index is 14.0. The molecule has 136 valence electrons. The molecule has 0 bridgehead atoms. The maximum Gasteiger partial charge on any atom is 0.151 e. The summed E-state index contributed by atoms with van der Waals surface area (Å²) in [4.78, 5) is 6.79. The Kier molecular flexibility index (Phi) is 4.52. The normalized spacial score (nSPS) is 18.3. The molecule has 1 unspecified atom stereocenters. The molecular weight excluding hydrogens is 338 g/mol. The zero-order valence-electron chi connectivity index (χ0n) is 14.4. The molecule has 2 aromatic heterocycles. The second-order valence-corrected chi connectivity index (χ2v) is 6.43. The van der Waals surface area contributed by atoms with Gasteiger partial charge in [0.1, 0.15) is 17.3 Å². The Morgan fingerprint density at radius 3 is 2.88 bits per heavy atom. The number of hydrogen-bond acceptors (Lipinski definition) is 4. The molecule has 0 aliphatic carbocycles. The van der Waals surface area contributed by atoms with Crippen molar-refractivity contribution in [2.45, 2.75) is 12.6 Å². The quantitative estimate of drug-likeness (QED) is 0.775. The molecule has 3 heterocycles. The van der Waals surface area contributed by atoms with Gasteiger partial charge in [-0.2, -0.15) is 5.10 Å². The number of benzene rings is 1. The first-order chi connectivity index (χ1) is 12.6. The van der Waals surface area contributed by atoms with Crippen LogP contribution in [0, 0.1) is 11.6 Å². The van der Waals surface area contributed by atoms with Crippen LogP contribution in [-0.4, -0.2) is 43.9 Å². The molecule has 6 nitrogen and oxygen atoms in total. The summed E-state index contributed by atoms with van der Waals surface area (Å²) < 4.78 is 30.5. The first-order valence-corrected chi connectivity index (χ1v) is 8.54. The minimum Gasteiger partial charge on any atom is -0.337 e. The van der Waals surface area contributed by atoms with E-state index in [1.54, 1.807) is 12.4 Å². The topological polar surface area (TPSA) is 50.9 Å². The fraction of sp³-hybridized carbons (Fsp3) is 0.333. The van der Waals surface area contributed by atoms with Gasteiger partial charge in [0.25, 0.3) is 0 Å². The summed E-state index contributed by atoms with van der Waals surface area (Å²) in [5, 5.41) is 7.87. The van der Waals surface area contributed by atoms with Crippen LogP contribution in [0.5, 0.6) is 0 Å². The molecule has 1 atom stereocenters. The molecule has 3 aromatic rings. The van der Waals surface area contributed by atoms with Crippen molar-refractivity contribution in [1.29, 1.82) is 0 Å². The van der Waals surface area contributed by atoms with Crippen LogP contribution in [0.2, 0.25) is 0 Å². The van der Waals surface area contributed by atoms with Crippen LogP contribution >= 0.6 is 0 Å². The molecule has 1 N–H and O–H groups in total. The molecule has 1 saturated heterocycles. The third kappa shape index (κ3) is 3.25. The van der Waals surface area contributed by atoms with Gasteiger partial charge in [0, 0.05) is 57.9 Å². The molecule has 1 aromatic carbocycles. The zero-order valence-corrected chi connectivity index (χ0v) is 14.4. The molecule has 26 heavy (non-hydrogen) atoms. The van der Waals surface area contributed by atoms with E-state index in [4.69, 9.17) is 0 Å². The van der Waals surface area contributed by atoms with Crippen molar-refractivity contribution in [3.63, 3.8) is 0 Å². The fourth-order valence-corrected chi connectivity index (χ4v) is 3.34. The van der Waals surface area contributed by atoms with E-state index in [0.29, 0.717) is 6.54 Å². The highest BCUT2D eigenvalue weighted by Gasteiger charge is 2.27. The Balaban J connectivity index is 1.55. The molecule has 0 spiro atoms. The fourth-order valence-electron chi connectivity index (χ4n) is 3.34. The molecule has 1 fully saturated rings. The second-order valence-electron chi connectivity index (χ2n) is 6.43. The summed E-state index contributed by atoms with van der Waals surface area (Å²) in [5.74, 6) is -0.230. The third-order valence-corrected chi connectivity index (χ3v) is 4.68. The number of hydrogen-bond donors (Lipinski definition) is 1. The van der Waals surface area contributed by atoms with Crippen molar-refractivity contribution in [2.75, 3.05) is 19.6 Å². The van der Waals surface area contributed by atoms with Gasteiger partial charge < -0.3 is 9.88 Å². The second kappa shape index (κ2) is 6.97. The predicted molar refractivity (Wildman–Crippen MR) is 92.7 cm³/mol. The number of imidazole rings is 1. The monoisotopic (exact) mass is 358 g/mol. The van der Waals surface area contributed by atoms with E-state index in [9.17, 15) is 8.78 Å². The lowest BCUT2D eigenvalue weighted by Gasteiger charge is -2.35. The summed E-state index contributed by atoms with van der Waals surface area (Å²) in [7, 11) is 1.99. The first kappa shape index (κ1) is 16.9. The van der Waals surface area contributed by atoms with Crippen molar-refractivity contribution < 1.29 is 8.78 Å². The molecule has 1 aliphatic heterocycles. The van der Waals surface area contributed by atoms with E-state index in [1.807, 2.05) is 23.9 Å². The number of halogens is 2. The lowest BCUT2D eigenvalue weighted by atomic mass is 10.1. The Morgan fingerprint density at radius 1 is 1.23 bits per heavy atom. The van der Waals surface area contributed by atoms with Crippen LogP contribution in [-0.2, 0) is 13.6 Å². The zero-order chi connectivity index (χ0) is 18.1. The standard InChI is InChI=1S/C18H20F2N6/c1-24-8-6-22-18(24)17-11-21-5-9-25(17)12-14-4-7-26(23-14)16-3-2-13(19)10-15(16)20/h2-4,6-8,10,17,21H,5,9,11-12H2,1H3. The Morgan fingerprint density at radius 2 is 2.12 bits per heavy atom. The summed E-state index contributed by atoms with van der Waals surface area (Å²) >= 11 is 0. The van der Waals surface area contributed by atoms with E-state index < -0.39 is 11.6 Å². The third-order valence-electron chi connectivity index (χ3n) is 4.68. The van der Waals surface area contributed by atoms with Gasteiger partial charge >= 0.3 is 0 Å².